The average molecular weight is 330 g/mol. The summed E-state index contributed by atoms with van der Waals surface area (Å²) < 4.78 is 6.60. The van der Waals surface area contributed by atoms with E-state index in [0.29, 0.717) is 18.3 Å². The maximum Gasteiger partial charge on any atom is 0.321 e. The number of aromatic nitrogens is 2. The van der Waals surface area contributed by atoms with Crippen LogP contribution in [0.5, 0.6) is 11.8 Å². The van der Waals surface area contributed by atoms with E-state index in [2.05, 4.69) is 32.0 Å². The topological polar surface area (TPSA) is 61.0 Å². The first-order chi connectivity index (χ1) is 9.78. The van der Waals surface area contributed by atoms with Crippen molar-refractivity contribution in [3.8, 4) is 11.8 Å². The minimum absolute atomic E-state index is 0.304. The molecule has 1 heterocycles. The Labute approximate surface area is 124 Å². The van der Waals surface area contributed by atoms with Crippen LogP contribution in [0.4, 0.5) is 0 Å². The van der Waals surface area contributed by atoms with Crippen LogP contribution in [-0.2, 0) is 6.54 Å². The zero-order valence-electron chi connectivity index (χ0n) is 10.6. The van der Waals surface area contributed by atoms with E-state index in [9.17, 15) is 0 Å². The standard InChI is InChI=1S/C15H12BrN3O/c16-14-12-4-2-1-3-11(12)5-6-13(14)20-15-18-8-10(7-17)9-19-15/h1-6,8-9H,7,17H2. The van der Waals surface area contributed by atoms with Gasteiger partial charge in [-0.15, -0.1) is 0 Å². The van der Waals surface area contributed by atoms with Crippen LogP contribution in [0.3, 0.4) is 0 Å². The molecule has 0 saturated carbocycles. The van der Waals surface area contributed by atoms with Gasteiger partial charge in [-0.25, -0.2) is 9.97 Å². The summed E-state index contributed by atoms with van der Waals surface area (Å²) in [5.41, 5.74) is 6.38. The van der Waals surface area contributed by atoms with Crippen molar-refractivity contribution < 1.29 is 4.74 Å². The highest BCUT2D eigenvalue weighted by Crippen LogP contribution is 2.34. The summed E-state index contributed by atoms with van der Waals surface area (Å²) in [5.74, 6) is 0.684. The summed E-state index contributed by atoms with van der Waals surface area (Å²) >= 11 is 3.57. The zero-order chi connectivity index (χ0) is 13.9. The van der Waals surface area contributed by atoms with Crippen molar-refractivity contribution in [1.29, 1.82) is 0 Å². The van der Waals surface area contributed by atoms with Gasteiger partial charge >= 0.3 is 6.01 Å². The summed E-state index contributed by atoms with van der Waals surface area (Å²) in [6.07, 6.45) is 3.33. The van der Waals surface area contributed by atoms with Gasteiger partial charge in [-0.05, 0) is 32.8 Å². The molecular formula is C15H12BrN3O. The summed E-state index contributed by atoms with van der Waals surface area (Å²) in [5, 5.41) is 2.23. The second kappa shape index (κ2) is 5.56. The number of halogens is 1. The highest BCUT2D eigenvalue weighted by molar-refractivity contribution is 9.10. The smallest absolute Gasteiger partial charge is 0.321 e. The van der Waals surface area contributed by atoms with E-state index < -0.39 is 0 Å². The molecule has 4 nitrogen and oxygen atoms in total. The van der Waals surface area contributed by atoms with Crippen molar-refractivity contribution in [1.82, 2.24) is 9.97 Å². The van der Waals surface area contributed by atoms with E-state index in [0.717, 1.165) is 20.8 Å². The number of benzene rings is 2. The lowest BCUT2D eigenvalue weighted by molar-refractivity contribution is 0.439. The van der Waals surface area contributed by atoms with Crippen molar-refractivity contribution in [2.45, 2.75) is 6.54 Å². The highest BCUT2D eigenvalue weighted by Gasteiger charge is 2.08. The number of hydrogen-bond acceptors (Lipinski definition) is 4. The van der Waals surface area contributed by atoms with Gasteiger partial charge in [0.25, 0.3) is 0 Å². The van der Waals surface area contributed by atoms with Crippen LogP contribution < -0.4 is 10.5 Å². The molecule has 0 aliphatic rings. The lowest BCUT2D eigenvalue weighted by atomic mass is 10.1. The molecule has 0 amide bonds. The van der Waals surface area contributed by atoms with Crippen LogP contribution in [-0.4, -0.2) is 9.97 Å². The molecule has 0 bridgehead atoms. The Bertz CT molecular complexity index is 744. The Morgan fingerprint density at radius 1 is 1.05 bits per heavy atom. The van der Waals surface area contributed by atoms with Gasteiger partial charge in [0.1, 0.15) is 5.75 Å². The third-order valence-electron chi connectivity index (χ3n) is 2.95. The van der Waals surface area contributed by atoms with E-state index in [4.69, 9.17) is 10.5 Å². The lowest BCUT2D eigenvalue weighted by Crippen LogP contribution is -1.99. The summed E-state index contributed by atoms with van der Waals surface area (Å²) in [6, 6.07) is 12.3. The van der Waals surface area contributed by atoms with Crippen molar-refractivity contribution >= 4 is 26.7 Å². The monoisotopic (exact) mass is 329 g/mol. The predicted octanol–water partition coefficient (Wildman–Crippen LogP) is 3.64. The quantitative estimate of drug-likeness (QED) is 0.796. The van der Waals surface area contributed by atoms with Crippen molar-refractivity contribution in [2.75, 3.05) is 0 Å². The summed E-state index contributed by atoms with van der Waals surface area (Å²) in [4.78, 5) is 8.26. The van der Waals surface area contributed by atoms with Crippen LogP contribution in [0, 0.1) is 0 Å². The van der Waals surface area contributed by atoms with Crippen LogP contribution in [0.25, 0.3) is 10.8 Å². The Morgan fingerprint density at radius 2 is 1.80 bits per heavy atom. The minimum atomic E-state index is 0.304. The Morgan fingerprint density at radius 3 is 2.55 bits per heavy atom. The number of hydrogen-bond donors (Lipinski definition) is 1. The third kappa shape index (κ3) is 2.50. The molecule has 5 heteroatoms. The van der Waals surface area contributed by atoms with E-state index in [1.54, 1.807) is 12.4 Å². The summed E-state index contributed by atoms with van der Waals surface area (Å²) in [6.45, 7) is 0.417. The van der Waals surface area contributed by atoms with Crippen LogP contribution >= 0.6 is 15.9 Å². The van der Waals surface area contributed by atoms with Gasteiger partial charge in [0.15, 0.2) is 0 Å². The molecule has 0 aliphatic heterocycles. The van der Waals surface area contributed by atoms with E-state index in [1.165, 1.54) is 0 Å². The molecule has 0 radical (unpaired) electrons. The highest BCUT2D eigenvalue weighted by atomic mass is 79.9. The van der Waals surface area contributed by atoms with E-state index >= 15 is 0 Å². The fourth-order valence-corrected chi connectivity index (χ4v) is 2.47. The molecule has 20 heavy (non-hydrogen) atoms. The molecule has 3 aromatic rings. The van der Waals surface area contributed by atoms with Crippen molar-refractivity contribution in [3.63, 3.8) is 0 Å². The average Bonchev–Trinajstić information content (AvgIpc) is 2.51. The Kier molecular flexibility index (Phi) is 3.62. The molecule has 2 N–H and O–H groups in total. The first kappa shape index (κ1) is 13.0. The Balaban J connectivity index is 1.95. The molecule has 3 rings (SSSR count). The number of ether oxygens (including phenoxy) is 1. The van der Waals surface area contributed by atoms with Crippen LogP contribution in [0.2, 0.25) is 0 Å². The molecule has 0 aliphatic carbocycles. The maximum atomic E-state index is 5.71. The maximum absolute atomic E-state index is 5.71. The predicted molar refractivity (Wildman–Crippen MR) is 81.6 cm³/mol. The van der Waals surface area contributed by atoms with E-state index in [1.807, 2.05) is 30.3 Å². The number of rotatable bonds is 3. The minimum Gasteiger partial charge on any atom is -0.423 e. The second-order valence-electron chi connectivity index (χ2n) is 4.28. The van der Waals surface area contributed by atoms with Gasteiger partial charge in [-0.1, -0.05) is 30.3 Å². The fraction of sp³-hybridized carbons (Fsp3) is 0.0667. The van der Waals surface area contributed by atoms with Crippen LogP contribution in [0.15, 0.2) is 53.3 Å². The SMILES string of the molecule is NCc1cnc(Oc2ccc3ccccc3c2Br)nc1. The molecule has 0 saturated heterocycles. The number of nitrogens with two attached hydrogens (primary N) is 1. The van der Waals surface area contributed by atoms with Crippen molar-refractivity contribution in [2.24, 2.45) is 5.73 Å². The largest absolute Gasteiger partial charge is 0.423 e. The second-order valence-corrected chi connectivity index (χ2v) is 5.07. The normalized spacial score (nSPS) is 10.7. The molecule has 0 unspecified atom stereocenters. The number of fused-ring (bicyclic) bond motifs is 1. The van der Waals surface area contributed by atoms with Crippen LogP contribution in [0.1, 0.15) is 5.56 Å². The van der Waals surface area contributed by atoms with Crippen molar-refractivity contribution in [3.05, 3.63) is 58.8 Å². The van der Waals surface area contributed by atoms with Gasteiger partial charge in [-0.3, -0.25) is 0 Å². The Hall–Kier alpha value is -1.98. The lowest BCUT2D eigenvalue weighted by Gasteiger charge is -2.08. The molecule has 1 aromatic heterocycles. The molecule has 0 fully saturated rings. The van der Waals surface area contributed by atoms with Gasteiger partial charge in [0.2, 0.25) is 0 Å². The molecule has 0 atom stereocenters. The number of nitrogens with zero attached hydrogens (tertiary/aromatic N) is 2. The molecule has 0 spiro atoms. The first-order valence-corrected chi connectivity index (χ1v) is 6.93. The van der Waals surface area contributed by atoms with Gasteiger partial charge in [0.05, 0.1) is 4.47 Å². The molecular weight excluding hydrogens is 318 g/mol. The fourth-order valence-electron chi connectivity index (χ4n) is 1.89. The molecule has 100 valence electrons. The third-order valence-corrected chi connectivity index (χ3v) is 3.76. The van der Waals surface area contributed by atoms with Gasteiger partial charge in [0, 0.05) is 24.5 Å². The first-order valence-electron chi connectivity index (χ1n) is 6.14. The van der Waals surface area contributed by atoms with E-state index in [-0.39, 0.29) is 0 Å². The summed E-state index contributed by atoms with van der Waals surface area (Å²) in [7, 11) is 0. The molecule has 2 aromatic carbocycles. The van der Waals surface area contributed by atoms with Gasteiger partial charge in [-0.2, -0.15) is 0 Å². The zero-order valence-corrected chi connectivity index (χ0v) is 12.2. The van der Waals surface area contributed by atoms with Gasteiger partial charge < -0.3 is 10.5 Å².